The van der Waals surface area contributed by atoms with Crippen molar-refractivity contribution in [2.75, 3.05) is 23.3 Å². The number of benzene rings is 1. The Morgan fingerprint density at radius 2 is 2.19 bits per heavy atom. The summed E-state index contributed by atoms with van der Waals surface area (Å²) in [6, 6.07) is 2.43. The number of halogens is 1. The molecule has 1 saturated heterocycles. The molecule has 1 aliphatic heterocycles. The molecule has 1 aromatic heterocycles. The number of aromatic nitrogens is 2. The summed E-state index contributed by atoms with van der Waals surface area (Å²) in [5.74, 6) is -1.94. The Kier molecular flexibility index (Phi) is 4.74. The van der Waals surface area contributed by atoms with Gasteiger partial charge in [0.25, 0.3) is 5.91 Å². The number of aryl methyl sites for hydroxylation is 1. The predicted molar refractivity (Wildman–Crippen MR) is 93.1 cm³/mol. The molecule has 0 spiro atoms. The van der Waals surface area contributed by atoms with Crippen LogP contribution < -0.4 is 19.1 Å². The van der Waals surface area contributed by atoms with E-state index in [1.807, 2.05) is 0 Å². The minimum absolute atomic E-state index is 0.0930. The second kappa shape index (κ2) is 6.87. The molecule has 2 heterocycles. The Morgan fingerprint density at radius 3 is 2.78 bits per heavy atom. The molecule has 0 unspecified atom stereocenters. The molecule has 0 atom stereocenters. The lowest BCUT2D eigenvalue weighted by molar-refractivity contribution is -0.117. The van der Waals surface area contributed by atoms with Gasteiger partial charge in [0.1, 0.15) is 23.8 Å². The average Bonchev–Trinajstić information content (AvgIpc) is 2.86. The number of amides is 1. The third-order valence-corrected chi connectivity index (χ3v) is 5.14. The Hall–Kier alpha value is -3.15. The molecule has 144 valence electrons. The zero-order valence-electron chi connectivity index (χ0n) is 14.4. The van der Waals surface area contributed by atoms with E-state index in [0.717, 1.165) is 11.6 Å². The summed E-state index contributed by atoms with van der Waals surface area (Å²) >= 11 is 0. The fourth-order valence-electron chi connectivity index (χ4n) is 2.52. The number of anilines is 2. The monoisotopic (exact) mass is 397 g/mol. The van der Waals surface area contributed by atoms with Crippen molar-refractivity contribution in [3.63, 3.8) is 0 Å². The van der Waals surface area contributed by atoms with Crippen LogP contribution in [-0.4, -0.2) is 43.1 Å². The van der Waals surface area contributed by atoms with Crippen LogP contribution in [0.2, 0.25) is 0 Å². The second-order valence-corrected chi connectivity index (χ2v) is 7.32. The van der Waals surface area contributed by atoms with Gasteiger partial charge in [-0.05, 0) is 24.6 Å². The Morgan fingerprint density at radius 1 is 1.44 bits per heavy atom. The lowest BCUT2D eigenvalue weighted by Gasteiger charge is -2.18. The highest BCUT2D eigenvalue weighted by molar-refractivity contribution is 7.92. The number of phenols is 1. The van der Waals surface area contributed by atoms with Gasteiger partial charge in [-0.25, -0.2) is 18.4 Å². The normalized spacial score (nSPS) is 15.5. The number of rotatable bonds is 5. The fraction of sp³-hybridized carbons (Fsp3) is 0.267. The Bertz CT molecular complexity index is 991. The van der Waals surface area contributed by atoms with Crippen LogP contribution in [0.25, 0.3) is 0 Å². The maximum absolute atomic E-state index is 14.5. The van der Waals surface area contributed by atoms with Crippen molar-refractivity contribution in [1.29, 1.82) is 0 Å². The molecule has 2 aromatic rings. The van der Waals surface area contributed by atoms with Gasteiger partial charge in [-0.3, -0.25) is 4.79 Å². The van der Waals surface area contributed by atoms with Crippen LogP contribution in [0.4, 0.5) is 15.9 Å². The van der Waals surface area contributed by atoms with Gasteiger partial charge in [0.05, 0.1) is 7.11 Å². The lowest BCUT2D eigenvalue weighted by atomic mass is 10.1. The standard InChI is InChI=1S/C15H16FN5O5S/c1-8-5-18-15(26-2)19-14(8)17-6-9-3-10(16)13(11(22)4-9)21-7-12(23)20-27(21,24)25/h3-5,22H,6-7H2,1-2H3,(H,20,23)(H,17,18,19). The van der Waals surface area contributed by atoms with E-state index in [9.17, 15) is 22.7 Å². The van der Waals surface area contributed by atoms with E-state index in [2.05, 4.69) is 15.3 Å². The molecule has 0 aliphatic carbocycles. The highest BCUT2D eigenvalue weighted by Crippen LogP contribution is 2.34. The molecule has 1 amide bonds. The van der Waals surface area contributed by atoms with Crippen LogP contribution in [0.15, 0.2) is 18.3 Å². The van der Waals surface area contributed by atoms with Gasteiger partial charge in [0, 0.05) is 18.3 Å². The summed E-state index contributed by atoms with van der Waals surface area (Å²) in [6.45, 7) is 1.26. The first-order valence-corrected chi connectivity index (χ1v) is 9.11. The smallest absolute Gasteiger partial charge is 0.326 e. The first kappa shape index (κ1) is 18.6. The Balaban J connectivity index is 1.84. The summed E-state index contributed by atoms with van der Waals surface area (Å²) in [5, 5.41) is 13.1. The van der Waals surface area contributed by atoms with Crippen molar-refractivity contribution >= 4 is 27.6 Å². The maximum atomic E-state index is 14.5. The number of ether oxygens (including phenoxy) is 1. The zero-order chi connectivity index (χ0) is 19.8. The van der Waals surface area contributed by atoms with E-state index in [1.54, 1.807) is 17.8 Å². The highest BCUT2D eigenvalue weighted by Gasteiger charge is 2.37. The highest BCUT2D eigenvalue weighted by atomic mass is 32.2. The number of carbonyl (C=O) groups is 1. The minimum atomic E-state index is -4.23. The number of hydrogen-bond donors (Lipinski definition) is 3. The van der Waals surface area contributed by atoms with Gasteiger partial charge in [0.15, 0.2) is 5.82 Å². The molecule has 1 aliphatic rings. The fourth-order valence-corrected chi connectivity index (χ4v) is 3.69. The van der Waals surface area contributed by atoms with Gasteiger partial charge in [-0.1, -0.05) is 0 Å². The molecule has 1 fully saturated rings. The number of methoxy groups -OCH3 is 1. The summed E-state index contributed by atoms with van der Waals surface area (Å²) in [7, 11) is -2.81. The number of nitrogens with zero attached hydrogens (tertiary/aromatic N) is 3. The lowest BCUT2D eigenvalue weighted by Crippen LogP contribution is -2.30. The molecule has 3 N–H and O–H groups in total. The molecule has 0 bridgehead atoms. The first-order valence-electron chi connectivity index (χ1n) is 7.67. The van der Waals surface area contributed by atoms with E-state index in [4.69, 9.17) is 4.74 Å². The summed E-state index contributed by atoms with van der Waals surface area (Å²) in [6.07, 6.45) is 1.55. The zero-order valence-corrected chi connectivity index (χ0v) is 15.2. The van der Waals surface area contributed by atoms with Gasteiger partial charge >= 0.3 is 16.2 Å². The largest absolute Gasteiger partial charge is 0.506 e. The topological polar surface area (TPSA) is 134 Å². The quantitative estimate of drug-likeness (QED) is 0.661. The van der Waals surface area contributed by atoms with Crippen molar-refractivity contribution < 1.29 is 27.4 Å². The second-order valence-electron chi connectivity index (χ2n) is 5.72. The molecule has 10 nitrogen and oxygen atoms in total. The van der Waals surface area contributed by atoms with Crippen LogP contribution >= 0.6 is 0 Å². The molecule has 27 heavy (non-hydrogen) atoms. The van der Waals surface area contributed by atoms with Crippen molar-refractivity contribution in [2.45, 2.75) is 13.5 Å². The summed E-state index contributed by atoms with van der Waals surface area (Å²) < 4.78 is 45.3. The van der Waals surface area contributed by atoms with Crippen molar-refractivity contribution in [2.24, 2.45) is 0 Å². The molecular weight excluding hydrogens is 381 g/mol. The molecular formula is C15H16FN5O5S. The number of phenolic OH excluding ortho intramolecular Hbond substituents is 1. The van der Waals surface area contributed by atoms with Crippen LogP contribution in [0, 0.1) is 12.7 Å². The van der Waals surface area contributed by atoms with Crippen LogP contribution in [0.3, 0.4) is 0 Å². The van der Waals surface area contributed by atoms with Gasteiger partial charge < -0.3 is 15.2 Å². The minimum Gasteiger partial charge on any atom is -0.506 e. The molecule has 1 aromatic carbocycles. The van der Waals surface area contributed by atoms with E-state index < -0.39 is 39.9 Å². The summed E-state index contributed by atoms with van der Waals surface area (Å²) in [4.78, 5) is 19.4. The van der Waals surface area contributed by atoms with E-state index in [-0.39, 0.29) is 12.6 Å². The molecule has 12 heteroatoms. The number of nitrogens with one attached hydrogen (secondary N) is 2. The van der Waals surface area contributed by atoms with E-state index in [0.29, 0.717) is 15.7 Å². The predicted octanol–water partition coefficient (Wildman–Crippen LogP) is 0.431. The number of carbonyl (C=O) groups excluding carboxylic acids is 1. The third kappa shape index (κ3) is 3.69. The van der Waals surface area contributed by atoms with Crippen molar-refractivity contribution in [1.82, 2.24) is 14.7 Å². The Labute approximate surface area is 154 Å². The molecule has 0 saturated carbocycles. The SMILES string of the molecule is COc1ncc(C)c(NCc2cc(O)c(N3CC(=O)NS3(=O)=O)c(F)c2)n1. The van der Waals surface area contributed by atoms with E-state index in [1.165, 1.54) is 13.2 Å². The van der Waals surface area contributed by atoms with Crippen molar-refractivity contribution in [3.8, 4) is 11.8 Å². The number of hydrogen-bond acceptors (Lipinski definition) is 8. The molecule has 0 radical (unpaired) electrons. The van der Waals surface area contributed by atoms with E-state index >= 15 is 0 Å². The first-order chi connectivity index (χ1) is 12.7. The van der Waals surface area contributed by atoms with Gasteiger partial charge in [0.2, 0.25) is 0 Å². The summed E-state index contributed by atoms with van der Waals surface area (Å²) in [5.41, 5.74) is 0.475. The van der Waals surface area contributed by atoms with Crippen molar-refractivity contribution in [3.05, 3.63) is 35.3 Å². The number of aromatic hydroxyl groups is 1. The van der Waals surface area contributed by atoms with Gasteiger partial charge in [-0.2, -0.15) is 13.4 Å². The molecule has 3 rings (SSSR count). The third-order valence-electron chi connectivity index (χ3n) is 3.76. The van der Waals surface area contributed by atoms with Gasteiger partial charge in [-0.15, -0.1) is 0 Å². The van der Waals surface area contributed by atoms with Crippen LogP contribution in [-0.2, 0) is 21.5 Å². The van der Waals surface area contributed by atoms with Crippen LogP contribution in [0.1, 0.15) is 11.1 Å². The maximum Gasteiger partial charge on any atom is 0.326 e. The van der Waals surface area contributed by atoms with Crippen LogP contribution in [0.5, 0.6) is 11.8 Å². The average molecular weight is 397 g/mol.